The standard InChI is InChI=1S/C46H39ClN4/c47-37-24-10-4-22-35(37)43-44(36-23-9-15-29-42(36)50-38-25-11-5-18-31(38)32-19-6-12-26-39(32)50)48-45(30-16-2-1-3-17-30)49-46(43)51-40-27-13-7-20-33(40)34-21-8-14-28-41(34)51/h5,7-11,13-15,18,20-21,23-25,27-30,32,39H,1-3,6,12,16-17,19,26H2. The lowest BCUT2D eigenvalue weighted by atomic mass is 9.82. The molecule has 0 spiro atoms. The molecular weight excluding hydrogens is 644 g/mol. The Morgan fingerprint density at radius 1 is 0.667 bits per heavy atom. The molecule has 250 valence electrons. The zero-order valence-electron chi connectivity index (χ0n) is 28.7. The second-order valence-corrected chi connectivity index (χ2v) is 15.0. The van der Waals surface area contributed by atoms with Gasteiger partial charge in [-0.1, -0.05) is 128 Å². The van der Waals surface area contributed by atoms with Crippen LogP contribution in [-0.2, 0) is 0 Å². The Balaban J connectivity index is 1.31. The van der Waals surface area contributed by atoms with E-state index in [2.05, 4.69) is 118 Å². The third-order valence-corrected chi connectivity index (χ3v) is 12.1. The van der Waals surface area contributed by atoms with Crippen LogP contribution in [0.4, 0.5) is 11.4 Å². The average Bonchev–Trinajstić information content (AvgIpc) is 3.71. The Hall–Kier alpha value is -5.11. The van der Waals surface area contributed by atoms with E-state index in [4.69, 9.17) is 21.6 Å². The van der Waals surface area contributed by atoms with Crippen molar-refractivity contribution in [3.63, 3.8) is 0 Å². The first-order valence-electron chi connectivity index (χ1n) is 18.7. The summed E-state index contributed by atoms with van der Waals surface area (Å²) in [6, 6.07) is 35.7. The zero-order valence-corrected chi connectivity index (χ0v) is 29.4. The predicted octanol–water partition coefficient (Wildman–Crippen LogP) is 12.3. The van der Waals surface area contributed by atoms with Crippen LogP contribution in [-0.4, -0.2) is 20.6 Å². The maximum Gasteiger partial charge on any atom is 0.150 e. The fourth-order valence-corrected chi connectivity index (χ4v) is 9.68. The van der Waals surface area contributed by atoms with E-state index < -0.39 is 0 Å². The Kier molecular flexibility index (Phi) is 7.57. The number of aromatic nitrogens is 3. The molecule has 0 amide bonds. The number of nitrogens with zero attached hydrogens (tertiary/aromatic N) is 4. The van der Waals surface area contributed by atoms with Gasteiger partial charge in [0.2, 0.25) is 0 Å². The number of benzene rings is 4. The molecule has 2 saturated carbocycles. The molecule has 2 atom stereocenters. The van der Waals surface area contributed by atoms with Crippen LogP contribution >= 0.6 is 11.6 Å². The Morgan fingerprint density at radius 3 is 2.12 bits per heavy atom. The zero-order chi connectivity index (χ0) is 33.9. The van der Waals surface area contributed by atoms with Gasteiger partial charge in [0.05, 0.1) is 38.6 Å². The number of para-hydroxylation sites is 4. The largest absolute Gasteiger partial charge is 0.337 e. The summed E-state index contributed by atoms with van der Waals surface area (Å²) in [4.78, 5) is 13.9. The van der Waals surface area contributed by atoms with Gasteiger partial charge in [0.1, 0.15) is 5.82 Å². The molecule has 3 aliphatic carbocycles. The second kappa shape index (κ2) is 12.6. The van der Waals surface area contributed by atoms with Crippen LogP contribution in [0.2, 0.25) is 0 Å². The molecule has 2 aromatic heterocycles. The van der Waals surface area contributed by atoms with Crippen LogP contribution in [0.25, 0.3) is 44.5 Å². The van der Waals surface area contributed by atoms with Gasteiger partial charge in [-0.2, -0.15) is 0 Å². The van der Waals surface area contributed by atoms with E-state index in [1.807, 2.05) is 12.2 Å². The topological polar surface area (TPSA) is 34.0 Å². The summed E-state index contributed by atoms with van der Waals surface area (Å²) >= 11 is 7.18. The van der Waals surface area contributed by atoms with E-state index >= 15 is 0 Å². The fourth-order valence-electron chi connectivity index (χ4n) is 9.47. The molecule has 0 bridgehead atoms. The highest BCUT2D eigenvalue weighted by Gasteiger charge is 2.41. The van der Waals surface area contributed by atoms with Crippen LogP contribution in [0.1, 0.15) is 86.6 Å². The van der Waals surface area contributed by atoms with Crippen LogP contribution in [0.3, 0.4) is 0 Å². The van der Waals surface area contributed by atoms with E-state index in [-0.39, 0.29) is 0 Å². The number of hydrogen-bond acceptors (Lipinski definition) is 3. The SMILES string of the molecule is ClC1=CC=C=C=C1c1c(-c2ccccc2N2c3ccccc3C3CCCCC32)nc(C2CCCCC2)nc1-n1c2ccccc2c2ccccc21. The Bertz CT molecular complexity index is 2430. The molecule has 1 aliphatic heterocycles. The highest BCUT2D eigenvalue weighted by atomic mass is 35.5. The van der Waals surface area contributed by atoms with Gasteiger partial charge in [-0.05, 0) is 67.7 Å². The van der Waals surface area contributed by atoms with E-state index in [1.165, 1.54) is 72.7 Å². The molecule has 2 fully saturated rings. The highest BCUT2D eigenvalue weighted by molar-refractivity contribution is 6.37. The van der Waals surface area contributed by atoms with Crippen LogP contribution in [0, 0.1) is 0 Å². The van der Waals surface area contributed by atoms with Gasteiger partial charge < -0.3 is 4.90 Å². The summed E-state index contributed by atoms with van der Waals surface area (Å²) in [5.74, 6) is 2.60. The highest BCUT2D eigenvalue weighted by Crippen LogP contribution is 2.53. The third kappa shape index (κ3) is 4.97. The first-order chi connectivity index (χ1) is 25.3. The van der Waals surface area contributed by atoms with Gasteiger partial charge in [0.25, 0.3) is 0 Å². The Labute approximate surface area is 304 Å². The van der Waals surface area contributed by atoms with Gasteiger partial charge >= 0.3 is 0 Å². The summed E-state index contributed by atoms with van der Waals surface area (Å²) in [5, 5.41) is 3.01. The van der Waals surface area contributed by atoms with Crippen molar-refractivity contribution < 1.29 is 0 Å². The normalized spacial score (nSPS) is 20.1. The first kappa shape index (κ1) is 30.7. The van der Waals surface area contributed by atoms with E-state index in [9.17, 15) is 0 Å². The number of hydrogen-bond donors (Lipinski definition) is 0. The van der Waals surface area contributed by atoms with Crippen molar-refractivity contribution in [3.05, 3.63) is 143 Å². The third-order valence-electron chi connectivity index (χ3n) is 11.7. The van der Waals surface area contributed by atoms with E-state index in [0.717, 1.165) is 57.9 Å². The van der Waals surface area contributed by atoms with Crippen molar-refractivity contribution in [1.29, 1.82) is 0 Å². The van der Waals surface area contributed by atoms with Crippen molar-refractivity contribution in [1.82, 2.24) is 14.5 Å². The van der Waals surface area contributed by atoms with Gasteiger partial charge in [0.15, 0.2) is 5.82 Å². The molecule has 2 unspecified atom stereocenters. The molecule has 0 N–H and O–H groups in total. The fraction of sp³-hybridized carbons (Fsp3) is 0.261. The molecule has 4 nitrogen and oxygen atoms in total. The molecule has 5 heteroatoms. The monoisotopic (exact) mass is 682 g/mol. The first-order valence-corrected chi connectivity index (χ1v) is 19.1. The number of anilines is 2. The van der Waals surface area contributed by atoms with Gasteiger partial charge in [-0.15, -0.1) is 0 Å². The summed E-state index contributed by atoms with van der Waals surface area (Å²) in [5.41, 5.74) is 16.6. The molecule has 0 saturated heterocycles. The smallest absolute Gasteiger partial charge is 0.150 e. The molecular formula is C46H39ClN4. The van der Waals surface area contributed by atoms with Gasteiger partial charge in [-0.3, -0.25) is 4.57 Å². The molecule has 10 rings (SSSR count). The second-order valence-electron chi connectivity index (χ2n) is 14.6. The summed E-state index contributed by atoms with van der Waals surface area (Å²) in [6.45, 7) is 0. The van der Waals surface area contributed by atoms with E-state index in [1.54, 1.807) is 0 Å². The molecule has 4 aliphatic rings. The van der Waals surface area contributed by atoms with Gasteiger partial charge in [0, 0.05) is 39.9 Å². The van der Waals surface area contributed by atoms with E-state index in [0.29, 0.717) is 22.9 Å². The minimum atomic E-state index is 0.294. The number of rotatable bonds is 5. The molecule has 0 radical (unpaired) electrons. The lowest BCUT2D eigenvalue weighted by molar-refractivity contribution is 0.402. The van der Waals surface area contributed by atoms with Crippen LogP contribution < -0.4 is 4.90 Å². The van der Waals surface area contributed by atoms with Crippen molar-refractivity contribution >= 4 is 50.4 Å². The van der Waals surface area contributed by atoms with Gasteiger partial charge in [-0.25, -0.2) is 9.97 Å². The number of fused-ring (bicyclic) bond motifs is 6. The summed E-state index contributed by atoms with van der Waals surface area (Å²) in [7, 11) is 0. The lowest BCUT2D eigenvalue weighted by Gasteiger charge is -2.35. The van der Waals surface area contributed by atoms with Crippen LogP contribution in [0.5, 0.6) is 0 Å². The minimum Gasteiger partial charge on any atom is -0.337 e. The Morgan fingerprint density at radius 2 is 1.33 bits per heavy atom. The van der Waals surface area contributed by atoms with Crippen molar-refractivity contribution in [2.75, 3.05) is 4.90 Å². The lowest BCUT2D eigenvalue weighted by Crippen LogP contribution is -2.32. The number of allylic oxidation sites excluding steroid dienone is 4. The molecule has 6 aromatic rings. The van der Waals surface area contributed by atoms with Crippen molar-refractivity contribution in [2.45, 2.75) is 75.7 Å². The van der Waals surface area contributed by atoms with Crippen molar-refractivity contribution in [2.24, 2.45) is 0 Å². The molecule has 51 heavy (non-hydrogen) atoms. The molecule has 3 heterocycles. The van der Waals surface area contributed by atoms with Crippen molar-refractivity contribution in [3.8, 4) is 17.1 Å². The average molecular weight is 683 g/mol. The number of halogens is 1. The predicted molar refractivity (Wildman–Crippen MR) is 210 cm³/mol. The summed E-state index contributed by atoms with van der Waals surface area (Å²) in [6.07, 6.45) is 14.6. The maximum atomic E-state index is 7.18. The maximum absolute atomic E-state index is 7.18. The minimum absolute atomic E-state index is 0.294. The molecule has 4 aromatic carbocycles. The summed E-state index contributed by atoms with van der Waals surface area (Å²) < 4.78 is 2.35. The van der Waals surface area contributed by atoms with Crippen LogP contribution in [0.15, 0.2) is 126 Å². The quantitative estimate of drug-likeness (QED) is 0.170.